The Balaban J connectivity index is 1.91. The Bertz CT molecular complexity index is 1030. The van der Waals surface area contributed by atoms with Gasteiger partial charge in [-0.15, -0.1) is 0 Å². The standard InChI is InChI=1S/C25H26O6/c1-4-22(26)28-12-14-30-24-18-8-6-7-9-19(18)25(31-15-13-29-23(27)5-2)21-16-17(3)10-11-20(21)24/h4-10H,1-2,11-16H2,3H3. The molecule has 0 N–H and O–H groups in total. The molecule has 0 spiro atoms. The molecule has 1 aliphatic carbocycles. The number of allylic oxidation sites excluding steroid dienone is 2. The van der Waals surface area contributed by atoms with Gasteiger partial charge in [-0.3, -0.25) is 0 Å². The molecule has 3 rings (SSSR count). The summed E-state index contributed by atoms with van der Waals surface area (Å²) < 4.78 is 22.3. The van der Waals surface area contributed by atoms with Crippen molar-refractivity contribution in [2.24, 2.45) is 0 Å². The number of hydrogen-bond acceptors (Lipinski definition) is 6. The Kier molecular flexibility index (Phi) is 7.49. The van der Waals surface area contributed by atoms with Crippen molar-refractivity contribution in [3.8, 4) is 11.5 Å². The molecule has 0 amide bonds. The van der Waals surface area contributed by atoms with Crippen molar-refractivity contribution in [2.45, 2.75) is 19.8 Å². The molecule has 0 heterocycles. The highest BCUT2D eigenvalue weighted by atomic mass is 16.6. The van der Waals surface area contributed by atoms with Crippen molar-refractivity contribution in [3.05, 3.63) is 72.4 Å². The van der Waals surface area contributed by atoms with E-state index in [1.165, 1.54) is 5.57 Å². The monoisotopic (exact) mass is 422 g/mol. The van der Waals surface area contributed by atoms with Crippen molar-refractivity contribution in [3.63, 3.8) is 0 Å². The minimum atomic E-state index is -0.477. The largest absolute Gasteiger partial charge is 0.489 e. The molecule has 0 aliphatic heterocycles. The second kappa shape index (κ2) is 10.5. The fourth-order valence-electron chi connectivity index (χ4n) is 3.53. The third kappa shape index (κ3) is 5.34. The summed E-state index contributed by atoms with van der Waals surface area (Å²) in [5.41, 5.74) is 3.36. The van der Waals surface area contributed by atoms with Gasteiger partial charge in [-0.2, -0.15) is 0 Å². The van der Waals surface area contributed by atoms with E-state index < -0.39 is 11.9 Å². The lowest BCUT2D eigenvalue weighted by Gasteiger charge is -2.25. The summed E-state index contributed by atoms with van der Waals surface area (Å²) in [6, 6.07) is 7.86. The van der Waals surface area contributed by atoms with Crippen LogP contribution in [0.25, 0.3) is 10.8 Å². The van der Waals surface area contributed by atoms with Gasteiger partial charge in [0, 0.05) is 34.1 Å². The maximum Gasteiger partial charge on any atom is 0.330 e. The highest BCUT2D eigenvalue weighted by molar-refractivity contribution is 5.96. The van der Waals surface area contributed by atoms with Crippen LogP contribution in [0.2, 0.25) is 0 Å². The first-order valence-electron chi connectivity index (χ1n) is 10.1. The Labute approximate surface area is 181 Å². The third-order valence-electron chi connectivity index (χ3n) is 4.92. The van der Waals surface area contributed by atoms with E-state index in [4.69, 9.17) is 18.9 Å². The lowest BCUT2D eigenvalue weighted by molar-refractivity contribution is -0.139. The highest BCUT2D eigenvalue weighted by Crippen LogP contribution is 2.44. The van der Waals surface area contributed by atoms with Crippen LogP contribution in [0.5, 0.6) is 11.5 Å². The number of fused-ring (bicyclic) bond motifs is 2. The normalized spacial score (nSPS) is 12.4. The van der Waals surface area contributed by atoms with Crippen molar-refractivity contribution in [1.82, 2.24) is 0 Å². The van der Waals surface area contributed by atoms with E-state index in [9.17, 15) is 9.59 Å². The van der Waals surface area contributed by atoms with E-state index in [2.05, 4.69) is 26.2 Å². The average Bonchev–Trinajstić information content (AvgIpc) is 2.79. The van der Waals surface area contributed by atoms with E-state index in [1.807, 2.05) is 24.3 Å². The summed E-state index contributed by atoms with van der Waals surface area (Å²) in [5.74, 6) is 0.595. The van der Waals surface area contributed by atoms with Crippen molar-refractivity contribution in [1.29, 1.82) is 0 Å². The molecule has 0 saturated heterocycles. The minimum absolute atomic E-state index is 0.135. The summed E-state index contributed by atoms with van der Waals surface area (Å²) in [7, 11) is 0. The zero-order valence-corrected chi connectivity index (χ0v) is 17.6. The van der Waals surface area contributed by atoms with Crippen LogP contribution in [-0.4, -0.2) is 38.4 Å². The summed E-state index contributed by atoms with van der Waals surface area (Å²) in [4.78, 5) is 22.6. The first-order chi connectivity index (χ1) is 15.0. The van der Waals surface area contributed by atoms with E-state index in [0.29, 0.717) is 0 Å². The Morgan fingerprint density at radius 3 is 1.90 bits per heavy atom. The van der Waals surface area contributed by atoms with Crippen LogP contribution >= 0.6 is 0 Å². The van der Waals surface area contributed by atoms with E-state index in [-0.39, 0.29) is 26.4 Å². The van der Waals surface area contributed by atoms with Crippen LogP contribution in [0.3, 0.4) is 0 Å². The van der Waals surface area contributed by atoms with Crippen LogP contribution in [0.15, 0.2) is 61.2 Å². The molecule has 6 nitrogen and oxygen atoms in total. The van der Waals surface area contributed by atoms with E-state index in [1.54, 1.807) is 0 Å². The van der Waals surface area contributed by atoms with Gasteiger partial charge in [-0.05, 0) is 19.8 Å². The van der Waals surface area contributed by atoms with Crippen LogP contribution in [0.4, 0.5) is 0 Å². The Morgan fingerprint density at radius 2 is 1.39 bits per heavy atom. The van der Waals surface area contributed by atoms with E-state index >= 15 is 0 Å². The lowest BCUT2D eigenvalue weighted by atomic mass is 9.87. The minimum Gasteiger partial charge on any atom is -0.489 e. The second-order valence-electron chi connectivity index (χ2n) is 7.03. The van der Waals surface area contributed by atoms with Gasteiger partial charge in [0.25, 0.3) is 0 Å². The quantitative estimate of drug-likeness (QED) is 0.248. The van der Waals surface area contributed by atoms with Gasteiger partial charge < -0.3 is 18.9 Å². The van der Waals surface area contributed by atoms with Gasteiger partial charge in [0.1, 0.15) is 37.9 Å². The summed E-state index contributed by atoms with van der Waals surface area (Å²) >= 11 is 0. The third-order valence-corrected chi connectivity index (χ3v) is 4.92. The molecule has 0 radical (unpaired) electrons. The predicted octanol–water partition coefficient (Wildman–Crippen LogP) is 4.10. The fraction of sp³-hybridized carbons (Fsp3) is 0.280. The number of esters is 2. The van der Waals surface area contributed by atoms with Crippen LogP contribution in [0.1, 0.15) is 18.1 Å². The molecule has 0 atom stereocenters. The molecule has 162 valence electrons. The summed E-state index contributed by atoms with van der Waals surface area (Å²) in [6.07, 6.45) is 5.89. The molecule has 0 saturated carbocycles. The number of rotatable bonds is 10. The van der Waals surface area contributed by atoms with Gasteiger partial charge in [0.15, 0.2) is 0 Å². The molecule has 1 aliphatic rings. The topological polar surface area (TPSA) is 71.1 Å². The smallest absolute Gasteiger partial charge is 0.330 e. The van der Waals surface area contributed by atoms with Gasteiger partial charge in [0.05, 0.1) is 0 Å². The summed E-state index contributed by atoms with van der Waals surface area (Å²) in [6.45, 7) is 9.60. The first kappa shape index (κ1) is 22.2. The van der Waals surface area contributed by atoms with Crippen LogP contribution in [-0.2, 0) is 31.9 Å². The van der Waals surface area contributed by atoms with Crippen molar-refractivity contribution >= 4 is 22.7 Å². The Hall–Kier alpha value is -3.54. The van der Waals surface area contributed by atoms with Gasteiger partial charge in [0.2, 0.25) is 0 Å². The highest BCUT2D eigenvalue weighted by Gasteiger charge is 2.23. The van der Waals surface area contributed by atoms with Gasteiger partial charge in [-0.25, -0.2) is 9.59 Å². The lowest BCUT2D eigenvalue weighted by Crippen LogP contribution is -2.15. The molecule has 2 aromatic carbocycles. The molecule has 0 aromatic heterocycles. The first-order valence-corrected chi connectivity index (χ1v) is 10.1. The van der Waals surface area contributed by atoms with Gasteiger partial charge in [-0.1, -0.05) is 49.1 Å². The zero-order chi connectivity index (χ0) is 22.2. The maximum atomic E-state index is 11.3. The number of ether oxygens (including phenoxy) is 4. The SMILES string of the molecule is C=CC(=O)OCCOc1c2c(c(OCCOC(=O)C=C)c3ccccc13)CC(C)=CC2. The average molecular weight is 422 g/mol. The molecule has 0 bridgehead atoms. The summed E-state index contributed by atoms with van der Waals surface area (Å²) in [5, 5.41) is 1.84. The fourth-order valence-corrected chi connectivity index (χ4v) is 3.53. The number of carbonyl (C=O) groups excluding carboxylic acids is 2. The number of benzene rings is 2. The molecular weight excluding hydrogens is 396 g/mol. The molecular formula is C25H26O6. The van der Waals surface area contributed by atoms with E-state index in [0.717, 1.165) is 58.4 Å². The number of carbonyl (C=O) groups is 2. The molecule has 31 heavy (non-hydrogen) atoms. The second-order valence-corrected chi connectivity index (χ2v) is 7.03. The molecule has 0 fully saturated rings. The Morgan fingerprint density at radius 1 is 0.871 bits per heavy atom. The van der Waals surface area contributed by atoms with Gasteiger partial charge >= 0.3 is 11.9 Å². The number of hydrogen-bond donors (Lipinski definition) is 0. The van der Waals surface area contributed by atoms with Crippen molar-refractivity contribution in [2.75, 3.05) is 26.4 Å². The van der Waals surface area contributed by atoms with Crippen LogP contribution < -0.4 is 9.47 Å². The zero-order valence-electron chi connectivity index (χ0n) is 17.6. The maximum absolute atomic E-state index is 11.3. The molecule has 6 heteroatoms. The predicted molar refractivity (Wildman–Crippen MR) is 118 cm³/mol. The van der Waals surface area contributed by atoms with Crippen LogP contribution in [0, 0.1) is 0 Å². The molecule has 2 aromatic rings. The molecule has 0 unspecified atom stereocenters. The van der Waals surface area contributed by atoms with Crippen molar-refractivity contribution < 1.29 is 28.5 Å².